The number of hydrogen-bond donors (Lipinski definition) is 1. The Morgan fingerprint density at radius 1 is 1.64 bits per heavy atom. The maximum atomic E-state index is 12.6. The second-order valence-electron chi connectivity index (χ2n) is 5.93. The molecular formula is C17H27ClN2OS. The molecule has 1 aromatic rings. The van der Waals surface area contributed by atoms with Gasteiger partial charge in [-0.1, -0.05) is 19.1 Å². The first-order valence-electron chi connectivity index (χ1n) is 7.82. The van der Waals surface area contributed by atoms with E-state index in [4.69, 9.17) is 0 Å². The fourth-order valence-corrected chi connectivity index (χ4v) is 3.66. The molecule has 2 unspecified atom stereocenters. The molecule has 1 aromatic heterocycles. The molecule has 2 atom stereocenters. The second-order valence-corrected chi connectivity index (χ2v) is 6.96. The molecule has 1 saturated heterocycles. The molecule has 124 valence electrons. The number of rotatable bonds is 7. The summed E-state index contributed by atoms with van der Waals surface area (Å²) < 4.78 is 0. The van der Waals surface area contributed by atoms with Crippen LogP contribution in [0.25, 0.3) is 0 Å². The zero-order chi connectivity index (χ0) is 15.1. The average Bonchev–Trinajstić information content (AvgIpc) is 3.00. The van der Waals surface area contributed by atoms with E-state index in [0.717, 1.165) is 13.1 Å². The summed E-state index contributed by atoms with van der Waals surface area (Å²) in [6, 6.07) is 4.12. The van der Waals surface area contributed by atoms with Gasteiger partial charge in [0.05, 0.1) is 6.54 Å². The van der Waals surface area contributed by atoms with Crippen LogP contribution in [0.1, 0.15) is 31.1 Å². The summed E-state index contributed by atoms with van der Waals surface area (Å²) >= 11 is 1.70. The van der Waals surface area contributed by atoms with Gasteiger partial charge in [-0.05, 0) is 49.2 Å². The van der Waals surface area contributed by atoms with Gasteiger partial charge in [-0.2, -0.15) is 0 Å². The van der Waals surface area contributed by atoms with E-state index < -0.39 is 0 Å². The first-order chi connectivity index (χ1) is 10.2. The molecule has 0 aliphatic carbocycles. The number of carbonyl (C=O) groups excluding carboxylic acids is 1. The van der Waals surface area contributed by atoms with Gasteiger partial charge in [0.2, 0.25) is 5.91 Å². The van der Waals surface area contributed by atoms with Crippen molar-refractivity contribution in [2.45, 2.75) is 32.7 Å². The van der Waals surface area contributed by atoms with Crippen LogP contribution in [0, 0.1) is 11.8 Å². The average molecular weight is 343 g/mol. The van der Waals surface area contributed by atoms with E-state index in [9.17, 15) is 4.79 Å². The summed E-state index contributed by atoms with van der Waals surface area (Å²) in [6.07, 6.45) is 4.94. The van der Waals surface area contributed by atoms with Crippen LogP contribution >= 0.6 is 23.7 Å². The zero-order valence-electron chi connectivity index (χ0n) is 13.3. The van der Waals surface area contributed by atoms with Crippen molar-refractivity contribution in [3.63, 3.8) is 0 Å². The number of piperidine rings is 1. The van der Waals surface area contributed by atoms with Crippen molar-refractivity contribution >= 4 is 29.7 Å². The van der Waals surface area contributed by atoms with Gasteiger partial charge < -0.3 is 10.2 Å². The van der Waals surface area contributed by atoms with Crippen molar-refractivity contribution in [1.29, 1.82) is 0 Å². The Bertz CT molecular complexity index is 444. The molecule has 5 heteroatoms. The molecular weight excluding hydrogens is 316 g/mol. The molecule has 2 rings (SSSR count). The van der Waals surface area contributed by atoms with Gasteiger partial charge in [-0.25, -0.2) is 0 Å². The normalized spacial score (nSPS) is 19.0. The van der Waals surface area contributed by atoms with Gasteiger partial charge in [0, 0.05) is 17.8 Å². The number of thiophene rings is 1. The maximum Gasteiger partial charge on any atom is 0.223 e. The van der Waals surface area contributed by atoms with Crippen LogP contribution < -0.4 is 5.32 Å². The first kappa shape index (κ1) is 19.2. The van der Waals surface area contributed by atoms with Gasteiger partial charge in [-0.3, -0.25) is 4.79 Å². The van der Waals surface area contributed by atoms with Crippen molar-refractivity contribution in [1.82, 2.24) is 10.2 Å². The fourth-order valence-electron chi connectivity index (χ4n) is 2.94. The Labute approximate surface area is 144 Å². The summed E-state index contributed by atoms with van der Waals surface area (Å²) in [5.74, 6) is 1.33. The molecule has 1 fully saturated rings. The third-order valence-electron chi connectivity index (χ3n) is 4.27. The molecule has 0 saturated carbocycles. The van der Waals surface area contributed by atoms with Crippen molar-refractivity contribution in [2.24, 2.45) is 11.8 Å². The van der Waals surface area contributed by atoms with Crippen LogP contribution in [-0.4, -0.2) is 30.4 Å². The molecule has 0 bridgehead atoms. The molecule has 1 aliphatic rings. The molecule has 2 heterocycles. The summed E-state index contributed by atoms with van der Waals surface area (Å²) in [5.41, 5.74) is 0. The Morgan fingerprint density at radius 2 is 2.45 bits per heavy atom. The Hall–Kier alpha value is -0.840. The number of halogens is 1. The van der Waals surface area contributed by atoms with E-state index in [2.05, 4.69) is 30.3 Å². The van der Waals surface area contributed by atoms with Gasteiger partial charge in [0.25, 0.3) is 0 Å². The maximum absolute atomic E-state index is 12.6. The number of carbonyl (C=O) groups is 1. The van der Waals surface area contributed by atoms with Crippen molar-refractivity contribution in [3.8, 4) is 0 Å². The SMILES string of the molecule is C=CCN(Cc1cccs1)C(=O)CC(C)C1CCCNC1.Cl. The lowest BCUT2D eigenvalue weighted by Gasteiger charge is -2.30. The predicted molar refractivity (Wildman–Crippen MR) is 96.6 cm³/mol. The van der Waals surface area contributed by atoms with E-state index in [1.807, 2.05) is 17.0 Å². The number of amides is 1. The predicted octanol–water partition coefficient (Wildman–Crippen LogP) is 3.71. The molecule has 22 heavy (non-hydrogen) atoms. The Morgan fingerprint density at radius 3 is 3.05 bits per heavy atom. The lowest BCUT2D eigenvalue weighted by Crippen LogP contribution is -2.37. The minimum atomic E-state index is 0. The van der Waals surface area contributed by atoms with E-state index >= 15 is 0 Å². The number of hydrogen-bond acceptors (Lipinski definition) is 3. The molecule has 0 radical (unpaired) electrons. The highest BCUT2D eigenvalue weighted by molar-refractivity contribution is 7.09. The lowest BCUT2D eigenvalue weighted by molar-refractivity contribution is -0.132. The quantitative estimate of drug-likeness (QED) is 0.766. The van der Waals surface area contributed by atoms with Gasteiger partial charge >= 0.3 is 0 Å². The third-order valence-corrected chi connectivity index (χ3v) is 5.13. The van der Waals surface area contributed by atoms with Crippen LogP contribution in [0.4, 0.5) is 0 Å². The zero-order valence-corrected chi connectivity index (χ0v) is 14.9. The monoisotopic (exact) mass is 342 g/mol. The van der Waals surface area contributed by atoms with Crippen LogP contribution in [-0.2, 0) is 11.3 Å². The fraction of sp³-hybridized carbons (Fsp3) is 0.588. The van der Waals surface area contributed by atoms with Gasteiger partial charge in [0.1, 0.15) is 0 Å². The van der Waals surface area contributed by atoms with Gasteiger partial charge in [0.15, 0.2) is 0 Å². The molecule has 3 nitrogen and oxygen atoms in total. The largest absolute Gasteiger partial charge is 0.334 e. The van der Waals surface area contributed by atoms with Crippen molar-refractivity contribution in [2.75, 3.05) is 19.6 Å². The molecule has 1 amide bonds. The minimum Gasteiger partial charge on any atom is -0.334 e. The summed E-state index contributed by atoms with van der Waals surface area (Å²) in [6.45, 7) is 9.51. The standard InChI is InChI=1S/C17H26N2OS.ClH/c1-3-9-19(13-16-7-5-10-21-16)17(20)11-14(2)15-6-4-8-18-12-15;/h3,5,7,10,14-15,18H,1,4,6,8-9,11-13H2,2H3;1H. The van der Waals surface area contributed by atoms with Crippen LogP contribution in [0.5, 0.6) is 0 Å². The highest BCUT2D eigenvalue weighted by atomic mass is 35.5. The van der Waals surface area contributed by atoms with E-state index in [-0.39, 0.29) is 18.3 Å². The minimum absolute atomic E-state index is 0. The van der Waals surface area contributed by atoms with E-state index in [1.165, 1.54) is 17.7 Å². The third kappa shape index (κ3) is 5.75. The van der Waals surface area contributed by atoms with Crippen LogP contribution in [0.15, 0.2) is 30.2 Å². The first-order valence-corrected chi connectivity index (χ1v) is 8.70. The van der Waals surface area contributed by atoms with Crippen LogP contribution in [0.2, 0.25) is 0 Å². The van der Waals surface area contributed by atoms with Gasteiger partial charge in [-0.15, -0.1) is 30.3 Å². The van der Waals surface area contributed by atoms with E-state index in [1.54, 1.807) is 11.3 Å². The molecule has 1 aliphatic heterocycles. The lowest BCUT2D eigenvalue weighted by atomic mass is 9.85. The van der Waals surface area contributed by atoms with E-state index in [0.29, 0.717) is 31.3 Å². The summed E-state index contributed by atoms with van der Waals surface area (Å²) in [4.78, 5) is 15.7. The number of nitrogens with zero attached hydrogens (tertiary/aromatic N) is 1. The topological polar surface area (TPSA) is 32.3 Å². The summed E-state index contributed by atoms with van der Waals surface area (Å²) in [5, 5.41) is 5.50. The Kier molecular flexibility index (Phi) is 8.76. The summed E-state index contributed by atoms with van der Waals surface area (Å²) in [7, 11) is 0. The smallest absolute Gasteiger partial charge is 0.223 e. The van der Waals surface area contributed by atoms with Crippen molar-refractivity contribution in [3.05, 3.63) is 35.0 Å². The van der Waals surface area contributed by atoms with Crippen LogP contribution in [0.3, 0.4) is 0 Å². The van der Waals surface area contributed by atoms with Crippen molar-refractivity contribution < 1.29 is 4.79 Å². The molecule has 0 spiro atoms. The highest BCUT2D eigenvalue weighted by Gasteiger charge is 2.24. The Balaban J connectivity index is 0.00000242. The number of nitrogens with one attached hydrogen (secondary N) is 1. The molecule has 1 N–H and O–H groups in total. The second kappa shape index (κ2) is 10.0. The highest BCUT2D eigenvalue weighted by Crippen LogP contribution is 2.24. The molecule has 0 aromatic carbocycles.